The number of anilines is 1. The van der Waals surface area contributed by atoms with Crippen molar-refractivity contribution in [3.8, 4) is 0 Å². The van der Waals surface area contributed by atoms with E-state index in [0.29, 0.717) is 11.2 Å². The Bertz CT molecular complexity index is 427. The van der Waals surface area contributed by atoms with Crippen LogP contribution < -0.4 is 4.90 Å². The number of aryl methyl sites for hydroxylation is 1. The van der Waals surface area contributed by atoms with Crippen LogP contribution in [0.3, 0.4) is 0 Å². The smallest absolute Gasteiger partial charge is 0.134 e. The molecule has 0 aromatic carbocycles. The minimum absolute atomic E-state index is 0.588. The highest BCUT2D eigenvalue weighted by molar-refractivity contribution is 6.29. The van der Waals surface area contributed by atoms with Crippen LogP contribution in [-0.2, 0) is 6.42 Å². The van der Waals surface area contributed by atoms with E-state index in [-0.39, 0.29) is 0 Å². The molecule has 2 fully saturated rings. The zero-order valence-electron chi connectivity index (χ0n) is 10.9. The SMILES string of the molecule is CCCc1nc(Cl)cc(N(CC2CC2)C2CC2)n1. The number of hydrogen-bond donors (Lipinski definition) is 0. The fourth-order valence-corrected chi connectivity index (χ4v) is 2.52. The number of halogens is 1. The van der Waals surface area contributed by atoms with Gasteiger partial charge in [0.1, 0.15) is 16.8 Å². The lowest BCUT2D eigenvalue weighted by molar-refractivity contribution is 0.701. The van der Waals surface area contributed by atoms with Gasteiger partial charge in [-0.1, -0.05) is 18.5 Å². The minimum Gasteiger partial charge on any atom is -0.353 e. The molecule has 1 aromatic rings. The molecule has 0 unspecified atom stereocenters. The molecule has 0 bridgehead atoms. The molecule has 0 N–H and O–H groups in total. The van der Waals surface area contributed by atoms with Crippen LogP contribution in [0.5, 0.6) is 0 Å². The highest BCUT2D eigenvalue weighted by Crippen LogP contribution is 2.37. The van der Waals surface area contributed by atoms with Crippen molar-refractivity contribution in [1.29, 1.82) is 0 Å². The van der Waals surface area contributed by atoms with Crippen molar-refractivity contribution < 1.29 is 0 Å². The normalized spacial score (nSPS) is 19.0. The van der Waals surface area contributed by atoms with E-state index >= 15 is 0 Å². The van der Waals surface area contributed by atoms with E-state index < -0.39 is 0 Å². The lowest BCUT2D eigenvalue weighted by Crippen LogP contribution is -2.29. The van der Waals surface area contributed by atoms with Crippen LogP contribution in [0.4, 0.5) is 5.82 Å². The number of nitrogens with zero attached hydrogens (tertiary/aromatic N) is 3. The molecular formula is C14H20ClN3. The van der Waals surface area contributed by atoms with E-state index in [9.17, 15) is 0 Å². The van der Waals surface area contributed by atoms with E-state index in [2.05, 4.69) is 16.8 Å². The third-order valence-corrected chi connectivity index (χ3v) is 3.83. The van der Waals surface area contributed by atoms with Crippen molar-refractivity contribution in [1.82, 2.24) is 9.97 Å². The molecular weight excluding hydrogens is 246 g/mol. The Morgan fingerprint density at radius 2 is 2.06 bits per heavy atom. The average molecular weight is 266 g/mol. The Morgan fingerprint density at radius 1 is 1.28 bits per heavy atom. The van der Waals surface area contributed by atoms with Gasteiger partial charge in [0, 0.05) is 25.1 Å². The topological polar surface area (TPSA) is 29.0 Å². The number of aromatic nitrogens is 2. The van der Waals surface area contributed by atoms with E-state index in [1.807, 2.05) is 6.07 Å². The first-order valence-electron chi connectivity index (χ1n) is 7.06. The van der Waals surface area contributed by atoms with Crippen molar-refractivity contribution >= 4 is 17.4 Å². The summed E-state index contributed by atoms with van der Waals surface area (Å²) in [5.41, 5.74) is 0. The van der Waals surface area contributed by atoms with Gasteiger partial charge in [-0.05, 0) is 38.0 Å². The third kappa shape index (κ3) is 2.94. The Hall–Kier alpha value is -0.830. The largest absolute Gasteiger partial charge is 0.353 e. The molecule has 0 atom stereocenters. The molecule has 18 heavy (non-hydrogen) atoms. The van der Waals surface area contributed by atoms with Gasteiger partial charge < -0.3 is 4.90 Å². The fraction of sp³-hybridized carbons (Fsp3) is 0.714. The molecule has 4 heteroatoms. The summed E-state index contributed by atoms with van der Waals surface area (Å²) >= 11 is 6.13. The molecule has 1 aromatic heterocycles. The lowest BCUT2D eigenvalue weighted by Gasteiger charge is -2.24. The first-order chi connectivity index (χ1) is 8.76. The molecule has 2 aliphatic carbocycles. The second-order valence-electron chi connectivity index (χ2n) is 5.54. The maximum absolute atomic E-state index is 6.13. The van der Waals surface area contributed by atoms with Crippen LogP contribution >= 0.6 is 11.6 Å². The average Bonchev–Trinajstić information content (AvgIpc) is 3.19. The van der Waals surface area contributed by atoms with Crippen molar-refractivity contribution in [2.75, 3.05) is 11.4 Å². The molecule has 3 rings (SSSR count). The van der Waals surface area contributed by atoms with Gasteiger partial charge in [-0.15, -0.1) is 0 Å². The predicted molar refractivity (Wildman–Crippen MR) is 74.1 cm³/mol. The van der Waals surface area contributed by atoms with Gasteiger partial charge in [0.25, 0.3) is 0 Å². The highest BCUT2D eigenvalue weighted by atomic mass is 35.5. The van der Waals surface area contributed by atoms with Crippen LogP contribution in [-0.4, -0.2) is 22.6 Å². The van der Waals surface area contributed by atoms with Gasteiger partial charge in [0.2, 0.25) is 0 Å². The maximum Gasteiger partial charge on any atom is 0.134 e. The van der Waals surface area contributed by atoms with Gasteiger partial charge >= 0.3 is 0 Å². The second-order valence-corrected chi connectivity index (χ2v) is 5.93. The van der Waals surface area contributed by atoms with Crippen LogP contribution in [0.2, 0.25) is 5.15 Å². The van der Waals surface area contributed by atoms with Crippen LogP contribution in [0.1, 0.15) is 44.9 Å². The summed E-state index contributed by atoms with van der Waals surface area (Å²) in [5, 5.41) is 0.588. The van der Waals surface area contributed by atoms with Crippen LogP contribution in [0.15, 0.2) is 6.07 Å². The summed E-state index contributed by atoms with van der Waals surface area (Å²) in [6, 6.07) is 2.63. The number of rotatable bonds is 6. The van der Waals surface area contributed by atoms with E-state index in [4.69, 9.17) is 16.6 Å². The van der Waals surface area contributed by atoms with Crippen molar-refractivity contribution in [2.45, 2.75) is 51.5 Å². The van der Waals surface area contributed by atoms with E-state index in [0.717, 1.165) is 36.9 Å². The van der Waals surface area contributed by atoms with Crippen molar-refractivity contribution in [3.63, 3.8) is 0 Å². The quantitative estimate of drug-likeness (QED) is 0.738. The molecule has 98 valence electrons. The lowest BCUT2D eigenvalue weighted by atomic mass is 10.3. The molecule has 2 aliphatic rings. The Morgan fingerprint density at radius 3 is 2.67 bits per heavy atom. The molecule has 2 saturated carbocycles. The summed E-state index contributed by atoms with van der Waals surface area (Å²) in [7, 11) is 0. The van der Waals surface area contributed by atoms with Crippen molar-refractivity contribution in [2.24, 2.45) is 5.92 Å². The van der Waals surface area contributed by atoms with Crippen molar-refractivity contribution in [3.05, 3.63) is 17.0 Å². The molecule has 0 radical (unpaired) electrons. The van der Waals surface area contributed by atoms with Gasteiger partial charge in [0.05, 0.1) is 0 Å². The number of hydrogen-bond acceptors (Lipinski definition) is 3. The minimum atomic E-state index is 0.588. The summed E-state index contributed by atoms with van der Waals surface area (Å²) in [4.78, 5) is 11.5. The summed E-state index contributed by atoms with van der Waals surface area (Å²) in [5.74, 6) is 2.82. The molecule has 0 amide bonds. The maximum atomic E-state index is 6.13. The van der Waals surface area contributed by atoms with Gasteiger partial charge in [-0.25, -0.2) is 9.97 Å². The standard InChI is InChI=1S/C14H20ClN3/c1-2-3-13-16-12(15)8-14(17-13)18(11-6-7-11)9-10-4-5-10/h8,10-11H,2-7,9H2,1H3. The van der Waals surface area contributed by atoms with Gasteiger partial charge in [-0.3, -0.25) is 0 Å². The summed E-state index contributed by atoms with van der Waals surface area (Å²) in [6.07, 6.45) is 7.34. The first-order valence-corrected chi connectivity index (χ1v) is 7.44. The Balaban J connectivity index is 1.82. The third-order valence-electron chi connectivity index (χ3n) is 3.64. The Labute approximate surface area is 114 Å². The Kier molecular flexibility index (Phi) is 3.42. The molecule has 1 heterocycles. The van der Waals surface area contributed by atoms with Gasteiger partial charge in [0.15, 0.2) is 0 Å². The van der Waals surface area contributed by atoms with Gasteiger partial charge in [-0.2, -0.15) is 0 Å². The first kappa shape index (κ1) is 12.2. The molecule has 0 aliphatic heterocycles. The second kappa shape index (κ2) is 5.04. The fourth-order valence-electron chi connectivity index (χ4n) is 2.33. The van der Waals surface area contributed by atoms with E-state index in [1.54, 1.807) is 0 Å². The summed E-state index contributed by atoms with van der Waals surface area (Å²) in [6.45, 7) is 3.30. The van der Waals surface area contributed by atoms with E-state index in [1.165, 1.54) is 25.7 Å². The zero-order chi connectivity index (χ0) is 12.5. The van der Waals surface area contributed by atoms with Crippen LogP contribution in [0, 0.1) is 5.92 Å². The highest BCUT2D eigenvalue weighted by Gasteiger charge is 2.34. The monoisotopic (exact) mass is 265 g/mol. The summed E-state index contributed by atoms with van der Waals surface area (Å²) < 4.78 is 0. The predicted octanol–water partition coefficient (Wildman–Crippen LogP) is 3.46. The molecule has 3 nitrogen and oxygen atoms in total. The zero-order valence-corrected chi connectivity index (χ0v) is 11.7. The molecule has 0 spiro atoms. The van der Waals surface area contributed by atoms with Crippen LogP contribution in [0.25, 0.3) is 0 Å². The molecule has 0 saturated heterocycles.